The minimum Gasteiger partial charge on any atom is -0.463 e. The number of benzene rings is 1. The van der Waals surface area contributed by atoms with Gasteiger partial charge >= 0.3 is 11.7 Å². The van der Waals surface area contributed by atoms with Crippen molar-refractivity contribution in [2.75, 3.05) is 6.61 Å². The van der Waals surface area contributed by atoms with Crippen LogP contribution in [0.1, 0.15) is 18.3 Å². The van der Waals surface area contributed by atoms with Crippen molar-refractivity contribution >= 4 is 39.1 Å². The summed E-state index contributed by atoms with van der Waals surface area (Å²) < 4.78 is 9.85. The van der Waals surface area contributed by atoms with Crippen molar-refractivity contribution in [3.05, 3.63) is 67.0 Å². The number of aryl methyl sites for hydroxylation is 1. The molecule has 3 aromatic rings. The van der Waals surface area contributed by atoms with E-state index in [0.29, 0.717) is 12.4 Å². The first-order chi connectivity index (χ1) is 13.3. The van der Waals surface area contributed by atoms with Crippen LogP contribution in [0.5, 0.6) is 0 Å². The summed E-state index contributed by atoms with van der Waals surface area (Å²) in [7, 11) is 2.98. The van der Waals surface area contributed by atoms with Gasteiger partial charge in [0.05, 0.1) is 6.61 Å². The number of hydrogen-bond acceptors (Lipinski definition) is 5. The minimum absolute atomic E-state index is 0.256. The number of esters is 1. The Hall–Kier alpha value is -2.94. The second-order valence-electron chi connectivity index (χ2n) is 6.15. The van der Waals surface area contributed by atoms with Crippen molar-refractivity contribution in [1.82, 2.24) is 18.7 Å². The Morgan fingerprint density at radius 1 is 1.25 bits per heavy atom. The normalized spacial score (nSPS) is 11.4. The van der Waals surface area contributed by atoms with E-state index in [4.69, 9.17) is 4.74 Å². The fourth-order valence-corrected chi connectivity index (χ4v) is 3.35. The number of imidazole rings is 1. The van der Waals surface area contributed by atoms with Gasteiger partial charge in [-0.15, -0.1) is 0 Å². The maximum absolute atomic E-state index is 12.8. The first kappa shape index (κ1) is 19.8. The molecule has 0 bridgehead atoms. The molecule has 146 valence electrons. The SMILES string of the molecule is CCOC(=O)C=Cc1nc2c(c(=O)n(C)c(=O)n2C)n1Cc1cccc(Br)c1. The van der Waals surface area contributed by atoms with E-state index >= 15 is 0 Å². The largest absolute Gasteiger partial charge is 0.463 e. The first-order valence-corrected chi connectivity index (χ1v) is 9.38. The lowest BCUT2D eigenvalue weighted by molar-refractivity contribution is -0.137. The zero-order chi connectivity index (χ0) is 20.4. The second-order valence-corrected chi connectivity index (χ2v) is 7.07. The van der Waals surface area contributed by atoms with Gasteiger partial charge in [-0.05, 0) is 30.7 Å². The molecule has 0 aliphatic heterocycles. The third-order valence-corrected chi connectivity index (χ3v) is 4.76. The van der Waals surface area contributed by atoms with E-state index in [0.717, 1.165) is 14.6 Å². The van der Waals surface area contributed by atoms with E-state index in [1.807, 2.05) is 24.3 Å². The number of halogens is 1. The molecule has 0 saturated heterocycles. The van der Waals surface area contributed by atoms with Gasteiger partial charge in [-0.3, -0.25) is 13.9 Å². The predicted molar refractivity (Wildman–Crippen MR) is 109 cm³/mol. The number of aromatic nitrogens is 4. The van der Waals surface area contributed by atoms with Gasteiger partial charge in [-0.2, -0.15) is 0 Å². The summed E-state index contributed by atoms with van der Waals surface area (Å²) in [5.41, 5.74) is 0.553. The highest BCUT2D eigenvalue weighted by atomic mass is 79.9. The highest BCUT2D eigenvalue weighted by Crippen LogP contribution is 2.18. The molecule has 2 heterocycles. The van der Waals surface area contributed by atoms with Crippen LogP contribution in [0.2, 0.25) is 0 Å². The number of hydrogen-bond donors (Lipinski definition) is 0. The number of ether oxygens (including phenoxy) is 1. The van der Waals surface area contributed by atoms with E-state index in [2.05, 4.69) is 20.9 Å². The van der Waals surface area contributed by atoms with E-state index in [1.165, 1.54) is 23.8 Å². The van der Waals surface area contributed by atoms with Crippen LogP contribution in [-0.2, 0) is 30.2 Å². The zero-order valence-electron chi connectivity index (χ0n) is 15.7. The molecule has 3 rings (SSSR count). The van der Waals surface area contributed by atoms with Gasteiger partial charge in [0.1, 0.15) is 5.82 Å². The van der Waals surface area contributed by atoms with E-state index in [-0.39, 0.29) is 17.8 Å². The lowest BCUT2D eigenvalue weighted by Gasteiger charge is -2.09. The molecular weight excluding hydrogens is 428 g/mol. The zero-order valence-corrected chi connectivity index (χ0v) is 17.3. The van der Waals surface area contributed by atoms with Crippen molar-refractivity contribution < 1.29 is 9.53 Å². The van der Waals surface area contributed by atoms with Gasteiger partial charge in [0.15, 0.2) is 11.2 Å². The minimum atomic E-state index is -0.509. The lowest BCUT2D eigenvalue weighted by Crippen LogP contribution is -2.37. The van der Waals surface area contributed by atoms with Gasteiger partial charge in [0, 0.05) is 31.2 Å². The number of nitrogens with zero attached hydrogens (tertiary/aromatic N) is 4. The lowest BCUT2D eigenvalue weighted by atomic mass is 10.2. The summed E-state index contributed by atoms with van der Waals surface area (Å²) in [6.45, 7) is 2.31. The van der Waals surface area contributed by atoms with Gasteiger partial charge in [0.25, 0.3) is 5.56 Å². The molecule has 0 unspecified atom stereocenters. The van der Waals surface area contributed by atoms with E-state index < -0.39 is 17.2 Å². The third-order valence-electron chi connectivity index (χ3n) is 4.26. The molecule has 0 aliphatic carbocycles. The quantitative estimate of drug-likeness (QED) is 0.440. The Balaban J connectivity index is 2.24. The molecule has 28 heavy (non-hydrogen) atoms. The molecule has 0 fully saturated rings. The topological polar surface area (TPSA) is 88.1 Å². The number of rotatable bonds is 5. The second kappa shape index (κ2) is 7.97. The summed E-state index contributed by atoms with van der Waals surface area (Å²) in [5.74, 6) is -0.133. The Bertz CT molecular complexity index is 1200. The maximum Gasteiger partial charge on any atom is 0.332 e. The molecule has 9 heteroatoms. The molecular formula is C19H19BrN4O4. The molecule has 0 amide bonds. The number of fused-ring (bicyclic) bond motifs is 1. The molecule has 0 aliphatic rings. The van der Waals surface area contributed by atoms with Crippen LogP contribution in [0.25, 0.3) is 17.2 Å². The van der Waals surface area contributed by atoms with Crippen LogP contribution in [0.4, 0.5) is 0 Å². The van der Waals surface area contributed by atoms with Crippen LogP contribution in [0.15, 0.2) is 44.4 Å². The molecule has 1 aromatic carbocycles. The molecule has 0 spiro atoms. The van der Waals surface area contributed by atoms with Gasteiger partial charge in [-0.25, -0.2) is 14.6 Å². The molecule has 0 saturated carbocycles. The third kappa shape index (κ3) is 3.70. The van der Waals surface area contributed by atoms with Crippen LogP contribution >= 0.6 is 15.9 Å². The summed E-state index contributed by atoms with van der Waals surface area (Å²) in [6.07, 6.45) is 2.74. The van der Waals surface area contributed by atoms with Gasteiger partial charge < -0.3 is 9.30 Å². The van der Waals surface area contributed by atoms with E-state index in [1.54, 1.807) is 18.5 Å². The number of carbonyl (C=O) groups excluding carboxylic acids is 1. The Morgan fingerprint density at radius 2 is 2.00 bits per heavy atom. The molecule has 8 nitrogen and oxygen atoms in total. The van der Waals surface area contributed by atoms with Crippen LogP contribution in [-0.4, -0.2) is 31.3 Å². The Kier molecular flexibility index (Phi) is 5.64. The van der Waals surface area contributed by atoms with Crippen molar-refractivity contribution in [3.8, 4) is 0 Å². The summed E-state index contributed by atoms with van der Waals surface area (Å²) in [4.78, 5) is 41.2. The van der Waals surface area contributed by atoms with Gasteiger partial charge in [0.2, 0.25) is 0 Å². The van der Waals surface area contributed by atoms with Crippen LogP contribution in [0.3, 0.4) is 0 Å². The average molecular weight is 447 g/mol. The summed E-state index contributed by atoms with van der Waals surface area (Å²) >= 11 is 3.44. The van der Waals surface area contributed by atoms with Crippen molar-refractivity contribution in [2.24, 2.45) is 14.1 Å². The van der Waals surface area contributed by atoms with E-state index in [9.17, 15) is 14.4 Å². The average Bonchev–Trinajstić information content (AvgIpc) is 3.02. The smallest absolute Gasteiger partial charge is 0.332 e. The molecule has 0 N–H and O–H groups in total. The van der Waals surface area contributed by atoms with Crippen LogP contribution < -0.4 is 11.2 Å². The van der Waals surface area contributed by atoms with Crippen molar-refractivity contribution in [1.29, 1.82) is 0 Å². The summed E-state index contributed by atoms with van der Waals surface area (Å²) in [5, 5.41) is 0. The highest BCUT2D eigenvalue weighted by Gasteiger charge is 2.18. The Morgan fingerprint density at radius 3 is 2.68 bits per heavy atom. The molecule has 2 aromatic heterocycles. The van der Waals surface area contributed by atoms with Crippen molar-refractivity contribution in [2.45, 2.75) is 13.5 Å². The Labute approximate surface area is 168 Å². The maximum atomic E-state index is 12.8. The first-order valence-electron chi connectivity index (χ1n) is 8.59. The molecule has 0 atom stereocenters. The standard InChI is InChI=1S/C19H19BrN4O4/c1-4-28-15(25)9-8-14-21-17-16(18(26)23(3)19(27)22(17)2)24(14)11-12-6-5-7-13(20)10-12/h5-10H,4,11H2,1-3H3. The summed E-state index contributed by atoms with van der Waals surface area (Å²) in [6, 6.07) is 7.64. The monoisotopic (exact) mass is 446 g/mol. The van der Waals surface area contributed by atoms with Crippen molar-refractivity contribution in [3.63, 3.8) is 0 Å². The predicted octanol–water partition coefficient (Wildman–Crippen LogP) is 1.82. The molecule has 0 radical (unpaired) electrons. The van der Waals surface area contributed by atoms with Crippen LogP contribution in [0, 0.1) is 0 Å². The van der Waals surface area contributed by atoms with Gasteiger partial charge in [-0.1, -0.05) is 28.1 Å². The fourth-order valence-electron chi connectivity index (χ4n) is 2.90. The fraction of sp³-hybridized carbons (Fsp3) is 0.263. The highest BCUT2D eigenvalue weighted by molar-refractivity contribution is 9.10. The number of carbonyl (C=O) groups is 1.